The molecule has 0 saturated carbocycles. The van der Waals surface area contributed by atoms with Crippen molar-refractivity contribution in [1.82, 2.24) is 4.98 Å². The van der Waals surface area contributed by atoms with Crippen molar-refractivity contribution in [1.29, 1.82) is 0 Å². The Kier molecular flexibility index (Phi) is 5.72. The van der Waals surface area contributed by atoms with Gasteiger partial charge in [0.25, 0.3) is 5.91 Å². The molecule has 0 bridgehead atoms. The Morgan fingerprint density at radius 1 is 1.32 bits per heavy atom. The second-order valence-corrected chi connectivity index (χ2v) is 5.41. The summed E-state index contributed by atoms with van der Waals surface area (Å²) >= 11 is 3.34. The predicted octanol–water partition coefficient (Wildman–Crippen LogP) is 3.92. The van der Waals surface area contributed by atoms with Gasteiger partial charge in [0.1, 0.15) is 11.6 Å². The van der Waals surface area contributed by atoms with E-state index in [1.165, 1.54) is 6.08 Å². The standard InChI is InChI=1S/C17H17BrN2O2/c1-3-20(16-10-9-14(18)12-19-16)17(21)11-8-13-6-4-5-7-15(13)22-2/h4-12H,3H2,1-2H3/b11-8+. The summed E-state index contributed by atoms with van der Waals surface area (Å²) in [6.07, 6.45) is 4.96. The minimum Gasteiger partial charge on any atom is -0.496 e. The largest absolute Gasteiger partial charge is 0.496 e. The molecule has 1 heterocycles. The maximum absolute atomic E-state index is 12.4. The highest BCUT2D eigenvalue weighted by molar-refractivity contribution is 9.10. The number of rotatable bonds is 5. The van der Waals surface area contributed by atoms with Gasteiger partial charge in [-0.25, -0.2) is 4.98 Å². The first-order chi connectivity index (χ1) is 10.7. The monoisotopic (exact) mass is 360 g/mol. The maximum atomic E-state index is 12.4. The van der Waals surface area contributed by atoms with Gasteiger partial charge in [0.2, 0.25) is 0 Å². The number of para-hydroxylation sites is 1. The van der Waals surface area contributed by atoms with Crippen LogP contribution in [0.5, 0.6) is 5.75 Å². The molecule has 0 N–H and O–H groups in total. The van der Waals surface area contributed by atoms with Crippen molar-refractivity contribution in [3.05, 3.63) is 58.7 Å². The number of halogens is 1. The van der Waals surface area contributed by atoms with E-state index >= 15 is 0 Å². The Balaban J connectivity index is 2.18. The highest BCUT2D eigenvalue weighted by Gasteiger charge is 2.12. The van der Waals surface area contributed by atoms with Crippen molar-refractivity contribution in [3.63, 3.8) is 0 Å². The van der Waals surface area contributed by atoms with E-state index in [4.69, 9.17) is 4.74 Å². The van der Waals surface area contributed by atoms with Gasteiger partial charge in [-0.2, -0.15) is 0 Å². The number of anilines is 1. The molecule has 5 heteroatoms. The summed E-state index contributed by atoms with van der Waals surface area (Å²) in [4.78, 5) is 18.2. The van der Waals surface area contributed by atoms with Crippen LogP contribution in [0.15, 0.2) is 53.1 Å². The lowest BCUT2D eigenvalue weighted by atomic mass is 10.2. The number of ether oxygens (including phenoxy) is 1. The van der Waals surface area contributed by atoms with Crippen LogP contribution in [-0.4, -0.2) is 24.5 Å². The third kappa shape index (κ3) is 3.95. The number of pyridine rings is 1. The third-order valence-electron chi connectivity index (χ3n) is 3.11. The fraction of sp³-hybridized carbons (Fsp3) is 0.176. The number of aromatic nitrogens is 1. The van der Waals surface area contributed by atoms with Crippen LogP contribution in [0.1, 0.15) is 12.5 Å². The van der Waals surface area contributed by atoms with Crippen LogP contribution in [0.4, 0.5) is 5.82 Å². The molecule has 0 aliphatic rings. The van der Waals surface area contributed by atoms with Crippen molar-refractivity contribution in [2.45, 2.75) is 6.92 Å². The fourth-order valence-corrected chi connectivity index (χ4v) is 2.25. The van der Waals surface area contributed by atoms with E-state index in [1.807, 2.05) is 43.3 Å². The number of likely N-dealkylation sites (N-methyl/N-ethyl adjacent to an activating group) is 1. The summed E-state index contributed by atoms with van der Waals surface area (Å²) in [5.74, 6) is 1.24. The summed E-state index contributed by atoms with van der Waals surface area (Å²) in [5.41, 5.74) is 0.859. The molecule has 4 nitrogen and oxygen atoms in total. The molecule has 0 spiro atoms. The number of hydrogen-bond acceptors (Lipinski definition) is 3. The number of carbonyl (C=O) groups excluding carboxylic acids is 1. The van der Waals surface area contributed by atoms with Crippen LogP contribution in [0, 0.1) is 0 Å². The minimum absolute atomic E-state index is 0.122. The van der Waals surface area contributed by atoms with Gasteiger partial charge >= 0.3 is 0 Å². The molecule has 1 aromatic carbocycles. The number of methoxy groups -OCH3 is 1. The molecule has 0 unspecified atom stereocenters. The Morgan fingerprint density at radius 2 is 2.09 bits per heavy atom. The normalized spacial score (nSPS) is 10.7. The van der Waals surface area contributed by atoms with Crippen molar-refractivity contribution in [2.24, 2.45) is 0 Å². The quantitative estimate of drug-likeness (QED) is 0.758. The zero-order chi connectivity index (χ0) is 15.9. The molecule has 0 atom stereocenters. The zero-order valence-electron chi connectivity index (χ0n) is 12.5. The second kappa shape index (κ2) is 7.75. The molecular weight excluding hydrogens is 344 g/mol. The summed E-state index contributed by atoms with van der Waals surface area (Å²) in [5, 5.41) is 0. The molecule has 0 radical (unpaired) electrons. The first-order valence-electron chi connectivity index (χ1n) is 6.90. The van der Waals surface area contributed by atoms with Crippen molar-refractivity contribution in [2.75, 3.05) is 18.6 Å². The van der Waals surface area contributed by atoms with Crippen LogP contribution < -0.4 is 9.64 Å². The van der Waals surface area contributed by atoms with E-state index in [0.717, 1.165) is 15.8 Å². The second-order valence-electron chi connectivity index (χ2n) is 4.49. The number of benzene rings is 1. The Labute approximate surface area is 138 Å². The van der Waals surface area contributed by atoms with E-state index < -0.39 is 0 Å². The molecule has 0 aliphatic carbocycles. The SMILES string of the molecule is CCN(C(=O)/C=C/c1ccccc1OC)c1ccc(Br)cn1. The van der Waals surface area contributed by atoms with Gasteiger partial charge < -0.3 is 4.74 Å². The van der Waals surface area contributed by atoms with Crippen LogP contribution in [0.25, 0.3) is 6.08 Å². The molecule has 1 aromatic heterocycles. The van der Waals surface area contributed by atoms with Gasteiger partial charge in [-0.3, -0.25) is 9.69 Å². The highest BCUT2D eigenvalue weighted by Crippen LogP contribution is 2.19. The highest BCUT2D eigenvalue weighted by atomic mass is 79.9. The Hall–Kier alpha value is -2.14. The fourth-order valence-electron chi connectivity index (χ4n) is 2.01. The first kappa shape index (κ1) is 16.2. The lowest BCUT2D eigenvalue weighted by Crippen LogP contribution is -2.29. The van der Waals surface area contributed by atoms with E-state index in [9.17, 15) is 4.79 Å². The van der Waals surface area contributed by atoms with Crippen LogP contribution in [0.2, 0.25) is 0 Å². The lowest BCUT2D eigenvalue weighted by molar-refractivity contribution is -0.114. The zero-order valence-corrected chi connectivity index (χ0v) is 14.1. The van der Waals surface area contributed by atoms with E-state index in [2.05, 4.69) is 20.9 Å². The molecule has 2 rings (SSSR count). The molecule has 2 aromatic rings. The summed E-state index contributed by atoms with van der Waals surface area (Å²) in [6, 6.07) is 11.2. The molecule has 0 saturated heterocycles. The molecule has 22 heavy (non-hydrogen) atoms. The average molecular weight is 361 g/mol. The molecular formula is C17H17BrN2O2. The van der Waals surface area contributed by atoms with Gasteiger partial charge in [0.15, 0.2) is 0 Å². The number of carbonyl (C=O) groups is 1. The third-order valence-corrected chi connectivity index (χ3v) is 3.58. The van der Waals surface area contributed by atoms with Gasteiger partial charge in [0, 0.05) is 28.9 Å². The molecule has 0 aliphatic heterocycles. The topological polar surface area (TPSA) is 42.4 Å². The van der Waals surface area contributed by atoms with Gasteiger partial charge in [-0.1, -0.05) is 18.2 Å². The first-order valence-corrected chi connectivity index (χ1v) is 7.69. The molecule has 0 fully saturated rings. The van der Waals surface area contributed by atoms with E-state index in [0.29, 0.717) is 12.4 Å². The number of amides is 1. The summed E-state index contributed by atoms with van der Waals surface area (Å²) in [6.45, 7) is 2.46. The smallest absolute Gasteiger partial charge is 0.252 e. The summed E-state index contributed by atoms with van der Waals surface area (Å²) in [7, 11) is 1.61. The van der Waals surface area contributed by atoms with Gasteiger partial charge in [-0.05, 0) is 47.1 Å². The van der Waals surface area contributed by atoms with Gasteiger partial charge in [-0.15, -0.1) is 0 Å². The lowest BCUT2D eigenvalue weighted by Gasteiger charge is -2.18. The molecule has 1 amide bonds. The van der Waals surface area contributed by atoms with E-state index in [1.54, 1.807) is 24.3 Å². The molecule has 114 valence electrons. The van der Waals surface area contributed by atoms with Crippen molar-refractivity contribution in [3.8, 4) is 5.75 Å². The van der Waals surface area contributed by atoms with E-state index in [-0.39, 0.29) is 5.91 Å². The predicted molar refractivity (Wildman–Crippen MR) is 92.0 cm³/mol. The number of nitrogens with zero attached hydrogens (tertiary/aromatic N) is 2. The van der Waals surface area contributed by atoms with Crippen molar-refractivity contribution >= 4 is 33.7 Å². The van der Waals surface area contributed by atoms with Crippen LogP contribution >= 0.6 is 15.9 Å². The van der Waals surface area contributed by atoms with Crippen LogP contribution in [-0.2, 0) is 4.79 Å². The Bertz CT molecular complexity index is 669. The Morgan fingerprint density at radius 3 is 2.73 bits per heavy atom. The summed E-state index contributed by atoms with van der Waals surface area (Å²) < 4.78 is 6.15. The number of hydrogen-bond donors (Lipinski definition) is 0. The van der Waals surface area contributed by atoms with Gasteiger partial charge in [0.05, 0.1) is 7.11 Å². The minimum atomic E-state index is -0.122. The maximum Gasteiger partial charge on any atom is 0.252 e. The van der Waals surface area contributed by atoms with Crippen LogP contribution in [0.3, 0.4) is 0 Å². The van der Waals surface area contributed by atoms with Crippen molar-refractivity contribution < 1.29 is 9.53 Å². The average Bonchev–Trinajstić information content (AvgIpc) is 2.55.